The van der Waals surface area contributed by atoms with Gasteiger partial charge < -0.3 is 5.32 Å². The van der Waals surface area contributed by atoms with Crippen LogP contribution in [0.3, 0.4) is 0 Å². The lowest BCUT2D eigenvalue weighted by atomic mass is 9.98. The van der Waals surface area contributed by atoms with Crippen LogP contribution in [0.5, 0.6) is 0 Å². The number of carbonyl (C=O) groups excluding carboxylic acids is 2. The van der Waals surface area contributed by atoms with E-state index in [1.165, 1.54) is 0 Å². The topological polar surface area (TPSA) is 46.2 Å². The Morgan fingerprint density at radius 3 is 2.00 bits per heavy atom. The number of amides is 1. The largest absolute Gasteiger partial charge is 0.322 e. The lowest BCUT2D eigenvalue weighted by Crippen LogP contribution is -2.23. The molecule has 0 aliphatic carbocycles. The summed E-state index contributed by atoms with van der Waals surface area (Å²) in [7, 11) is 0. The van der Waals surface area contributed by atoms with Crippen LogP contribution in [0.2, 0.25) is 0 Å². The van der Waals surface area contributed by atoms with Gasteiger partial charge in [-0.05, 0) is 23.8 Å². The molecule has 0 aliphatic heterocycles. The zero-order valence-electron chi connectivity index (χ0n) is 12.7. The van der Waals surface area contributed by atoms with E-state index in [0.717, 1.165) is 5.56 Å². The minimum atomic E-state index is -0.381. The van der Waals surface area contributed by atoms with Gasteiger partial charge in [-0.3, -0.25) is 9.59 Å². The summed E-state index contributed by atoms with van der Waals surface area (Å²) in [6.07, 6.45) is 1.64. The zero-order chi connectivity index (χ0) is 15.9. The second kappa shape index (κ2) is 7.36. The molecule has 0 spiro atoms. The minimum Gasteiger partial charge on any atom is -0.322 e. The van der Waals surface area contributed by atoms with Gasteiger partial charge in [-0.1, -0.05) is 62.4 Å². The average molecular weight is 293 g/mol. The van der Waals surface area contributed by atoms with Gasteiger partial charge in [0.1, 0.15) is 0 Å². The first-order chi connectivity index (χ1) is 10.6. The Balaban J connectivity index is 2.30. The molecule has 2 aromatic rings. The summed E-state index contributed by atoms with van der Waals surface area (Å²) in [5.41, 5.74) is 1.67. The van der Waals surface area contributed by atoms with Crippen LogP contribution in [0.15, 0.2) is 66.2 Å². The summed E-state index contributed by atoms with van der Waals surface area (Å²) in [5.74, 6) is -0.789. The molecular formula is C19H19NO2. The van der Waals surface area contributed by atoms with Crippen molar-refractivity contribution in [1.29, 1.82) is 0 Å². The van der Waals surface area contributed by atoms with Crippen LogP contribution in [-0.4, -0.2) is 11.7 Å². The fraction of sp³-hybridized carbons (Fsp3) is 0.158. The van der Waals surface area contributed by atoms with E-state index in [1.54, 1.807) is 32.1 Å². The third kappa shape index (κ3) is 4.16. The summed E-state index contributed by atoms with van der Waals surface area (Å²) in [6.45, 7) is 3.58. The molecule has 3 heteroatoms. The van der Waals surface area contributed by atoms with E-state index in [0.29, 0.717) is 5.69 Å². The van der Waals surface area contributed by atoms with E-state index in [-0.39, 0.29) is 23.2 Å². The molecule has 0 saturated heterocycles. The number of benzene rings is 2. The number of rotatable bonds is 5. The molecule has 0 heterocycles. The van der Waals surface area contributed by atoms with Crippen molar-refractivity contribution in [1.82, 2.24) is 0 Å². The van der Waals surface area contributed by atoms with E-state index in [1.807, 2.05) is 48.5 Å². The van der Waals surface area contributed by atoms with Gasteiger partial charge in [0.05, 0.1) is 5.57 Å². The van der Waals surface area contributed by atoms with Gasteiger partial charge in [-0.15, -0.1) is 0 Å². The fourth-order valence-electron chi connectivity index (χ4n) is 2.00. The monoisotopic (exact) mass is 293 g/mol. The molecule has 0 bridgehead atoms. The van der Waals surface area contributed by atoms with Crippen molar-refractivity contribution in [3.8, 4) is 0 Å². The van der Waals surface area contributed by atoms with E-state index in [2.05, 4.69) is 5.32 Å². The first-order valence-electron chi connectivity index (χ1n) is 7.25. The molecule has 3 nitrogen and oxygen atoms in total. The number of nitrogens with one attached hydrogen (secondary N) is 1. The van der Waals surface area contributed by atoms with Gasteiger partial charge in [0.2, 0.25) is 0 Å². The van der Waals surface area contributed by atoms with Crippen molar-refractivity contribution < 1.29 is 9.59 Å². The van der Waals surface area contributed by atoms with Gasteiger partial charge >= 0.3 is 0 Å². The van der Waals surface area contributed by atoms with Crippen LogP contribution in [0.25, 0.3) is 6.08 Å². The highest BCUT2D eigenvalue weighted by Crippen LogP contribution is 2.15. The van der Waals surface area contributed by atoms with Crippen LogP contribution in [0, 0.1) is 5.92 Å². The minimum absolute atomic E-state index is 0.169. The number of anilines is 1. The SMILES string of the molecule is CC(C)C(=O)C(=Cc1ccccc1)C(=O)Nc1ccccc1. The summed E-state index contributed by atoms with van der Waals surface area (Å²) in [4.78, 5) is 24.8. The van der Waals surface area contributed by atoms with E-state index >= 15 is 0 Å². The lowest BCUT2D eigenvalue weighted by molar-refractivity contribution is -0.121. The van der Waals surface area contributed by atoms with Crippen LogP contribution >= 0.6 is 0 Å². The molecule has 2 aromatic carbocycles. The first-order valence-corrected chi connectivity index (χ1v) is 7.25. The maximum Gasteiger partial charge on any atom is 0.259 e. The molecule has 0 radical (unpaired) electrons. The Kier molecular flexibility index (Phi) is 5.26. The summed E-state index contributed by atoms with van der Waals surface area (Å²) in [5, 5.41) is 2.77. The standard InChI is InChI=1S/C19H19NO2/c1-14(2)18(21)17(13-15-9-5-3-6-10-15)19(22)20-16-11-7-4-8-12-16/h3-14H,1-2H3,(H,20,22). The highest BCUT2D eigenvalue weighted by atomic mass is 16.2. The van der Waals surface area contributed by atoms with Crippen LogP contribution in [0.4, 0.5) is 5.69 Å². The van der Waals surface area contributed by atoms with Crippen LogP contribution < -0.4 is 5.32 Å². The molecule has 0 fully saturated rings. The fourth-order valence-corrected chi connectivity index (χ4v) is 2.00. The second-order valence-electron chi connectivity index (χ2n) is 5.31. The van der Waals surface area contributed by atoms with Gasteiger partial charge in [-0.25, -0.2) is 0 Å². The molecule has 0 aromatic heterocycles. The van der Waals surface area contributed by atoms with Crippen LogP contribution in [0.1, 0.15) is 19.4 Å². The molecule has 22 heavy (non-hydrogen) atoms. The highest BCUT2D eigenvalue weighted by Gasteiger charge is 2.21. The molecule has 112 valence electrons. The number of hydrogen-bond donors (Lipinski definition) is 1. The third-order valence-electron chi connectivity index (χ3n) is 3.18. The number of ketones is 1. The maximum atomic E-state index is 12.5. The molecule has 2 rings (SSSR count). The predicted molar refractivity (Wildman–Crippen MR) is 89.3 cm³/mol. The highest BCUT2D eigenvalue weighted by molar-refractivity contribution is 6.26. The number of Topliss-reactive ketones (excluding diaryl/α,β-unsaturated/α-hetero) is 1. The van der Waals surface area contributed by atoms with E-state index in [4.69, 9.17) is 0 Å². The quantitative estimate of drug-likeness (QED) is 0.516. The van der Waals surface area contributed by atoms with Crippen molar-refractivity contribution in [3.05, 3.63) is 71.8 Å². The molecule has 0 unspecified atom stereocenters. The molecule has 0 aliphatic rings. The third-order valence-corrected chi connectivity index (χ3v) is 3.18. The van der Waals surface area contributed by atoms with E-state index < -0.39 is 0 Å². The maximum absolute atomic E-state index is 12.5. The van der Waals surface area contributed by atoms with Crippen molar-refractivity contribution in [2.24, 2.45) is 5.92 Å². The van der Waals surface area contributed by atoms with Crippen LogP contribution in [-0.2, 0) is 9.59 Å². The molecule has 0 atom stereocenters. The van der Waals surface area contributed by atoms with E-state index in [9.17, 15) is 9.59 Å². The Labute approximate surface area is 130 Å². The number of carbonyl (C=O) groups is 2. The van der Waals surface area contributed by atoms with Gasteiger partial charge in [0.25, 0.3) is 5.91 Å². The van der Waals surface area contributed by atoms with Crippen molar-refractivity contribution in [2.75, 3.05) is 5.32 Å². The molecular weight excluding hydrogens is 274 g/mol. The Bertz CT molecular complexity index is 673. The zero-order valence-corrected chi connectivity index (χ0v) is 12.7. The number of hydrogen-bond acceptors (Lipinski definition) is 2. The molecule has 1 N–H and O–H groups in total. The van der Waals surface area contributed by atoms with Gasteiger partial charge in [-0.2, -0.15) is 0 Å². The summed E-state index contributed by atoms with van der Waals surface area (Å²) in [6, 6.07) is 18.5. The summed E-state index contributed by atoms with van der Waals surface area (Å²) < 4.78 is 0. The Hall–Kier alpha value is -2.68. The van der Waals surface area contributed by atoms with Gasteiger partial charge in [0, 0.05) is 11.6 Å². The smallest absolute Gasteiger partial charge is 0.259 e. The second-order valence-corrected chi connectivity index (χ2v) is 5.31. The first kappa shape index (κ1) is 15.7. The van der Waals surface area contributed by atoms with Crippen molar-refractivity contribution in [3.63, 3.8) is 0 Å². The summed E-state index contributed by atoms with van der Waals surface area (Å²) >= 11 is 0. The Morgan fingerprint density at radius 2 is 1.45 bits per heavy atom. The van der Waals surface area contributed by atoms with Gasteiger partial charge in [0.15, 0.2) is 5.78 Å². The average Bonchev–Trinajstić information content (AvgIpc) is 2.53. The molecule has 1 amide bonds. The van der Waals surface area contributed by atoms with Crippen molar-refractivity contribution in [2.45, 2.75) is 13.8 Å². The Morgan fingerprint density at radius 1 is 0.909 bits per heavy atom. The number of para-hydroxylation sites is 1. The molecule has 0 saturated carbocycles. The predicted octanol–water partition coefficient (Wildman–Crippen LogP) is 3.93. The lowest BCUT2D eigenvalue weighted by Gasteiger charge is -2.10. The normalized spacial score (nSPS) is 11.3. The van der Waals surface area contributed by atoms with Crippen molar-refractivity contribution >= 4 is 23.5 Å².